The second-order valence-electron chi connectivity index (χ2n) is 5.40. The Kier molecular flexibility index (Phi) is 7.56. The average Bonchev–Trinajstić information content (AvgIpc) is 2.67. The molecule has 0 bridgehead atoms. The Balaban J connectivity index is 2.26. The van der Waals surface area contributed by atoms with E-state index in [1.54, 1.807) is 12.1 Å². The first-order chi connectivity index (χ1) is 12.9. The van der Waals surface area contributed by atoms with Crippen molar-refractivity contribution in [2.45, 2.75) is 6.54 Å². The standard InChI is InChI=1S/C18H19BrFN3O4/c1-27-17(26)11-2-5-16(25)15(9-11)23-18(21-6-7-24)22-10-12-8-13(19)3-4-14(12)20/h2-5,8-9,24-25H,6-7,10H2,1H3,(H2,21,22,23). The molecule has 0 spiro atoms. The number of phenols is 1. The van der Waals surface area contributed by atoms with Gasteiger partial charge in [0.25, 0.3) is 0 Å². The van der Waals surface area contributed by atoms with Gasteiger partial charge in [-0.05, 0) is 36.4 Å². The van der Waals surface area contributed by atoms with Crippen LogP contribution < -0.4 is 10.6 Å². The maximum Gasteiger partial charge on any atom is 0.337 e. The summed E-state index contributed by atoms with van der Waals surface area (Å²) < 4.78 is 19.3. The number of phenolic OH excluding ortho intramolecular Hbond substituents is 1. The number of methoxy groups -OCH3 is 1. The Bertz CT molecular complexity index is 845. The van der Waals surface area contributed by atoms with Gasteiger partial charge >= 0.3 is 5.97 Å². The Morgan fingerprint density at radius 3 is 2.78 bits per heavy atom. The summed E-state index contributed by atoms with van der Waals surface area (Å²) in [5.74, 6) is -0.884. The maximum absolute atomic E-state index is 13.9. The minimum atomic E-state index is -0.559. The number of nitrogens with one attached hydrogen (secondary N) is 2. The van der Waals surface area contributed by atoms with Crippen molar-refractivity contribution in [3.63, 3.8) is 0 Å². The predicted octanol–water partition coefficient (Wildman–Crippen LogP) is 2.63. The molecule has 27 heavy (non-hydrogen) atoms. The summed E-state index contributed by atoms with van der Waals surface area (Å²) in [5, 5.41) is 24.7. The quantitative estimate of drug-likeness (QED) is 0.238. The van der Waals surface area contributed by atoms with Crippen LogP contribution in [0.5, 0.6) is 5.75 Å². The number of esters is 1. The molecule has 0 amide bonds. The van der Waals surface area contributed by atoms with Gasteiger partial charge in [-0.1, -0.05) is 15.9 Å². The van der Waals surface area contributed by atoms with E-state index in [0.717, 1.165) is 4.47 Å². The van der Waals surface area contributed by atoms with E-state index in [4.69, 9.17) is 5.11 Å². The number of carbonyl (C=O) groups excluding carboxylic acids is 1. The van der Waals surface area contributed by atoms with E-state index in [1.807, 2.05) is 0 Å². The molecule has 0 unspecified atom stereocenters. The molecule has 0 aliphatic heterocycles. The molecule has 0 radical (unpaired) electrons. The molecule has 0 saturated carbocycles. The van der Waals surface area contributed by atoms with Gasteiger partial charge in [-0.15, -0.1) is 0 Å². The molecular formula is C18H19BrFN3O4. The number of hydrogen-bond donors (Lipinski definition) is 4. The molecule has 4 N–H and O–H groups in total. The summed E-state index contributed by atoms with van der Waals surface area (Å²) in [4.78, 5) is 15.9. The maximum atomic E-state index is 13.9. The van der Waals surface area contributed by atoms with Gasteiger partial charge in [0.2, 0.25) is 0 Å². The van der Waals surface area contributed by atoms with Crippen LogP contribution in [0.1, 0.15) is 15.9 Å². The van der Waals surface area contributed by atoms with Crippen LogP contribution in [0.4, 0.5) is 10.1 Å². The van der Waals surface area contributed by atoms with E-state index in [1.165, 1.54) is 31.4 Å². The lowest BCUT2D eigenvalue weighted by Crippen LogP contribution is -2.33. The second-order valence-corrected chi connectivity index (χ2v) is 6.32. The fourth-order valence-electron chi connectivity index (χ4n) is 2.15. The number of carbonyl (C=O) groups is 1. The molecule has 144 valence electrons. The van der Waals surface area contributed by atoms with Gasteiger partial charge in [0.1, 0.15) is 11.6 Å². The lowest BCUT2D eigenvalue weighted by Gasteiger charge is -2.14. The van der Waals surface area contributed by atoms with Gasteiger partial charge in [0, 0.05) is 16.6 Å². The zero-order chi connectivity index (χ0) is 19.8. The monoisotopic (exact) mass is 439 g/mol. The van der Waals surface area contributed by atoms with Gasteiger partial charge in [-0.2, -0.15) is 0 Å². The molecule has 0 atom stereocenters. The molecule has 2 aromatic carbocycles. The van der Waals surface area contributed by atoms with Gasteiger partial charge in [-0.3, -0.25) is 0 Å². The zero-order valence-electron chi connectivity index (χ0n) is 14.5. The predicted molar refractivity (Wildman–Crippen MR) is 103 cm³/mol. The van der Waals surface area contributed by atoms with Gasteiger partial charge in [0.15, 0.2) is 5.96 Å². The number of nitrogens with zero attached hydrogens (tertiary/aromatic N) is 1. The van der Waals surface area contributed by atoms with Crippen molar-refractivity contribution in [1.29, 1.82) is 0 Å². The van der Waals surface area contributed by atoms with Gasteiger partial charge in [-0.25, -0.2) is 14.2 Å². The Morgan fingerprint density at radius 1 is 1.30 bits per heavy atom. The van der Waals surface area contributed by atoms with Crippen molar-refractivity contribution in [3.8, 4) is 5.75 Å². The van der Waals surface area contributed by atoms with Crippen LogP contribution in [0.3, 0.4) is 0 Å². The first-order valence-electron chi connectivity index (χ1n) is 7.96. The molecular weight excluding hydrogens is 421 g/mol. The van der Waals surface area contributed by atoms with Crippen LogP contribution in [0.25, 0.3) is 0 Å². The minimum absolute atomic E-state index is 0.0174. The van der Waals surface area contributed by atoms with Crippen molar-refractivity contribution in [1.82, 2.24) is 5.32 Å². The summed E-state index contributed by atoms with van der Waals surface area (Å²) in [7, 11) is 1.25. The highest BCUT2D eigenvalue weighted by Gasteiger charge is 2.11. The van der Waals surface area contributed by atoms with Gasteiger partial charge in [0.05, 0.1) is 31.5 Å². The van der Waals surface area contributed by atoms with E-state index in [9.17, 15) is 14.3 Å². The number of hydrogen-bond acceptors (Lipinski definition) is 5. The zero-order valence-corrected chi connectivity index (χ0v) is 16.1. The van der Waals surface area contributed by atoms with E-state index < -0.39 is 11.8 Å². The van der Waals surface area contributed by atoms with E-state index in [0.29, 0.717) is 5.56 Å². The average molecular weight is 440 g/mol. The lowest BCUT2D eigenvalue weighted by atomic mass is 10.2. The van der Waals surface area contributed by atoms with Crippen LogP contribution in [0, 0.1) is 5.82 Å². The molecule has 0 aliphatic rings. The highest BCUT2D eigenvalue weighted by Crippen LogP contribution is 2.24. The highest BCUT2D eigenvalue weighted by molar-refractivity contribution is 9.10. The smallest absolute Gasteiger partial charge is 0.337 e. The Morgan fingerprint density at radius 2 is 2.07 bits per heavy atom. The number of anilines is 1. The molecule has 7 nitrogen and oxygen atoms in total. The summed E-state index contributed by atoms with van der Waals surface area (Å²) in [6.07, 6.45) is 0. The topological polar surface area (TPSA) is 103 Å². The molecule has 9 heteroatoms. The van der Waals surface area contributed by atoms with Gasteiger partial charge < -0.3 is 25.6 Å². The number of rotatable bonds is 6. The third kappa shape index (κ3) is 5.93. The molecule has 0 aliphatic carbocycles. The first-order valence-corrected chi connectivity index (χ1v) is 8.75. The summed E-state index contributed by atoms with van der Waals surface area (Å²) in [5.41, 5.74) is 0.802. The third-order valence-electron chi connectivity index (χ3n) is 3.49. The number of aromatic hydroxyl groups is 1. The van der Waals surface area contributed by atoms with Crippen LogP contribution >= 0.6 is 15.9 Å². The van der Waals surface area contributed by atoms with Crippen LogP contribution in [-0.4, -0.2) is 42.4 Å². The van der Waals surface area contributed by atoms with Crippen LogP contribution in [0.2, 0.25) is 0 Å². The van der Waals surface area contributed by atoms with Crippen molar-refractivity contribution in [2.75, 3.05) is 25.6 Å². The van der Waals surface area contributed by atoms with Crippen molar-refractivity contribution < 1.29 is 24.1 Å². The summed E-state index contributed by atoms with van der Waals surface area (Å²) in [6, 6.07) is 8.68. The summed E-state index contributed by atoms with van der Waals surface area (Å²) >= 11 is 3.28. The Labute approximate surface area is 164 Å². The number of aliphatic hydroxyl groups is 1. The van der Waals surface area contributed by atoms with Crippen LogP contribution in [-0.2, 0) is 11.3 Å². The second kappa shape index (κ2) is 9.89. The summed E-state index contributed by atoms with van der Waals surface area (Å²) in [6.45, 7) is 0.0495. The van der Waals surface area contributed by atoms with E-state index in [-0.39, 0.29) is 42.7 Å². The van der Waals surface area contributed by atoms with E-state index >= 15 is 0 Å². The molecule has 0 aromatic heterocycles. The lowest BCUT2D eigenvalue weighted by molar-refractivity contribution is 0.0601. The third-order valence-corrected chi connectivity index (χ3v) is 3.98. The Hall–Kier alpha value is -2.65. The number of aliphatic hydroxyl groups excluding tert-OH is 1. The fourth-order valence-corrected chi connectivity index (χ4v) is 2.56. The number of ether oxygens (including phenoxy) is 1. The number of benzene rings is 2. The largest absolute Gasteiger partial charge is 0.506 e. The molecule has 2 aromatic rings. The number of aliphatic imine (C=N–C) groups is 1. The molecule has 2 rings (SSSR count). The highest BCUT2D eigenvalue weighted by atomic mass is 79.9. The first kappa shape index (κ1) is 20.7. The van der Waals surface area contributed by atoms with E-state index in [2.05, 4.69) is 36.3 Å². The van der Waals surface area contributed by atoms with Crippen molar-refractivity contribution >= 4 is 33.5 Å². The molecule has 0 heterocycles. The SMILES string of the molecule is COC(=O)c1ccc(O)c(NC(=NCc2cc(Br)ccc2F)NCCO)c1. The normalized spacial score (nSPS) is 11.2. The number of guanidine groups is 1. The fraction of sp³-hybridized carbons (Fsp3) is 0.222. The number of halogens is 2. The molecule has 0 saturated heterocycles. The van der Waals surface area contributed by atoms with Crippen LogP contribution in [0.15, 0.2) is 45.9 Å². The molecule has 0 fully saturated rings. The van der Waals surface area contributed by atoms with Crippen molar-refractivity contribution in [3.05, 3.63) is 57.8 Å². The van der Waals surface area contributed by atoms with Crippen molar-refractivity contribution in [2.24, 2.45) is 4.99 Å². The minimum Gasteiger partial charge on any atom is -0.506 e.